The number of nitrogens with two attached hydrogens (primary N) is 1. The minimum Gasteiger partial charge on any atom is -0.497 e. The van der Waals surface area contributed by atoms with E-state index < -0.39 is 0 Å². The van der Waals surface area contributed by atoms with E-state index in [0.717, 1.165) is 43.0 Å². The molecular formula is C17H22N2O3. The average molecular weight is 302 g/mol. The Hall–Kier alpha value is -2.01. The van der Waals surface area contributed by atoms with E-state index in [2.05, 4.69) is 0 Å². The highest BCUT2D eigenvalue weighted by Gasteiger charge is 2.26. The number of carbonyl (C=O) groups excluding carboxylic acids is 1. The smallest absolute Gasteiger partial charge is 0.253 e. The van der Waals surface area contributed by atoms with Crippen molar-refractivity contribution in [3.05, 3.63) is 29.3 Å². The standard InChI is InChI=1S/C17H22N2O3/c1-21-15-2-3-16-13(9-15)8-14(11-22-16)17(20)19-6-4-12(10-18)5-7-19/h2-3,8-9,12H,4-7,10-11,18H2,1H3. The van der Waals surface area contributed by atoms with E-state index >= 15 is 0 Å². The van der Waals surface area contributed by atoms with Crippen LogP contribution in [-0.2, 0) is 4.79 Å². The maximum absolute atomic E-state index is 12.6. The first kappa shape index (κ1) is 14.9. The molecule has 0 unspecified atom stereocenters. The van der Waals surface area contributed by atoms with Crippen LogP contribution in [0.5, 0.6) is 11.5 Å². The Morgan fingerprint density at radius 1 is 1.41 bits per heavy atom. The van der Waals surface area contributed by atoms with Gasteiger partial charge < -0.3 is 20.1 Å². The maximum Gasteiger partial charge on any atom is 0.253 e. The number of fused-ring (bicyclic) bond motifs is 1. The van der Waals surface area contributed by atoms with E-state index in [1.54, 1.807) is 7.11 Å². The number of methoxy groups -OCH3 is 1. The van der Waals surface area contributed by atoms with Crippen molar-refractivity contribution in [3.63, 3.8) is 0 Å². The molecule has 1 fully saturated rings. The lowest BCUT2D eigenvalue weighted by molar-refractivity contribution is -0.128. The van der Waals surface area contributed by atoms with Crippen LogP contribution in [0.25, 0.3) is 6.08 Å². The quantitative estimate of drug-likeness (QED) is 0.922. The number of likely N-dealkylation sites (tertiary alicyclic amines) is 1. The van der Waals surface area contributed by atoms with E-state index in [1.165, 1.54) is 0 Å². The summed E-state index contributed by atoms with van der Waals surface area (Å²) in [4.78, 5) is 14.5. The molecule has 0 spiro atoms. The van der Waals surface area contributed by atoms with Gasteiger partial charge in [0.15, 0.2) is 0 Å². The second-order valence-electron chi connectivity index (χ2n) is 5.83. The van der Waals surface area contributed by atoms with Gasteiger partial charge in [0.1, 0.15) is 18.1 Å². The van der Waals surface area contributed by atoms with E-state index in [4.69, 9.17) is 15.2 Å². The van der Waals surface area contributed by atoms with E-state index in [-0.39, 0.29) is 5.91 Å². The molecule has 1 aromatic rings. The fraction of sp³-hybridized carbons (Fsp3) is 0.471. The summed E-state index contributed by atoms with van der Waals surface area (Å²) in [6, 6.07) is 5.62. The van der Waals surface area contributed by atoms with Gasteiger partial charge in [0, 0.05) is 18.7 Å². The van der Waals surface area contributed by atoms with Crippen molar-refractivity contribution < 1.29 is 14.3 Å². The van der Waals surface area contributed by atoms with Crippen LogP contribution in [0.3, 0.4) is 0 Å². The van der Waals surface area contributed by atoms with Crippen molar-refractivity contribution in [2.45, 2.75) is 12.8 Å². The molecule has 0 saturated carbocycles. The first-order valence-corrected chi connectivity index (χ1v) is 7.72. The number of piperidine rings is 1. The minimum atomic E-state index is 0.0731. The third kappa shape index (κ3) is 2.95. The molecule has 0 aliphatic carbocycles. The van der Waals surface area contributed by atoms with Crippen molar-refractivity contribution in [1.29, 1.82) is 0 Å². The van der Waals surface area contributed by atoms with Crippen LogP contribution in [0.4, 0.5) is 0 Å². The third-order valence-electron chi connectivity index (χ3n) is 4.44. The summed E-state index contributed by atoms with van der Waals surface area (Å²) in [5.41, 5.74) is 7.30. The molecule has 1 amide bonds. The highest BCUT2D eigenvalue weighted by molar-refractivity contribution is 5.99. The summed E-state index contributed by atoms with van der Waals surface area (Å²) in [6.07, 6.45) is 3.89. The zero-order valence-corrected chi connectivity index (χ0v) is 12.9. The Balaban J connectivity index is 1.74. The molecule has 2 N–H and O–H groups in total. The van der Waals surface area contributed by atoms with Crippen molar-refractivity contribution >= 4 is 12.0 Å². The third-order valence-corrected chi connectivity index (χ3v) is 4.44. The number of rotatable bonds is 3. The van der Waals surface area contributed by atoms with Gasteiger partial charge in [-0.3, -0.25) is 4.79 Å². The second kappa shape index (κ2) is 6.40. The molecule has 118 valence electrons. The van der Waals surface area contributed by atoms with Gasteiger partial charge in [-0.25, -0.2) is 0 Å². The molecule has 2 heterocycles. The van der Waals surface area contributed by atoms with E-state index in [1.807, 2.05) is 29.2 Å². The molecule has 2 aliphatic heterocycles. The highest BCUT2D eigenvalue weighted by Crippen LogP contribution is 2.30. The van der Waals surface area contributed by atoms with Crippen molar-refractivity contribution in [1.82, 2.24) is 4.90 Å². The fourth-order valence-electron chi connectivity index (χ4n) is 2.98. The summed E-state index contributed by atoms with van der Waals surface area (Å²) >= 11 is 0. The SMILES string of the molecule is COc1ccc2c(c1)C=C(C(=O)N1CCC(CN)CC1)CO2. The normalized spacial score (nSPS) is 18.3. The van der Waals surface area contributed by atoms with Crippen LogP contribution in [0.1, 0.15) is 18.4 Å². The van der Waals surface area contributed by atoms with Gasteiger partial charge in [0.25, 0.3) is 5.91 Å². The first-order valence-electron chi connectivity index (χ1n) is 7.72. The topological polar surface area (TPSA) is 64.8 Å². The maximum atomic E-state index is 12.6. The zero-order chi connectivity index (χ0) is 15.5. The van der Waals surface area contributed by atoms with Crippen LogP contribution in [0, 0.1) is 5.92 Å². The van der Waals surface area contributed by atoms with Gasteiger partial charge in [0.05, 0.1) is 12.7 Å². The fourth-order valence-corrected chi connectivity index (χ4v) is 2.98. The predicted molar refractivity (Wildman–Crippen MR) is 84.8 cm³/mol. The van der Waals surface area contributed by atoms with Crippen LogP contribution < -0.4 is 15.2 Å². The number of carbonyl (C=O) groups is 1. The Labute approximate surface area is 130 Å². The molecule has 2 aliphatic rings. The molecule has 3 rings (SSSR count). The molecule has 1 saturated heterocycles. The predicted octanol–water partition coefficient (Wildman–Crippen LogP) is 1.67. The van der Waals surface area contributed by atoms with Gasteiger partial charge >= 0.3 is 0 Å². The molecule has 0 atom stereocenters. The average Bonchev–Trinajstić information content (AvgIpc) is 2.60. The molecule has 1 aromatic carbocycles. The summed E-state index contributed by atoms with van der Waals surface area (Å²) in [5.74, 6) is 2.17. The van der Waals surface area contributed by atoms with E-state index in [0.29, 0.717) is 24.6 Å². The minimum absolute atomic E-state index is 0.0731. The van der Waals surface area contributed by atoms with Crippen LogP contribution in [-0.4, -0.2) is 44.2 Å². The van der Waals surface area contributed by atoms with Crippen molar-refractivity contribution in [2.24, 2.45) is 11.7 Å². The monoisotopic (exact) mass is 302 g/mol. The molecule has 22 heavy (non-hydrogen) atoms. The summed E-state index contributed by atoms with van der Waals surface area (Å²) in [7, 11) is 1.63. The lowest BCUT2D eigenvalue weighted by Crippen LogP contribution is -2.41. The number of amides is 1. The molecule has 0 bridgehead atoms. The summed E-state index contributed by atoms with van der Waals surface area (Å²) in [5, 5.41) is 0. The second-order valence-corrected chi connectivity index (χ2v) is 5.83. The Morgan fingerprint density at radius 3 is 2.86 bits per heavy atom. The van der Waals surface area contributed by atoms with Gasteiger partial charge in [-0.1, -0.05) is 0 Å². The van der Waals surface area contributed by atoms with Crippen molar-refractivity contribution in [3.8, 4) is 11.5 Å². The summed E-state index contributed by atoms with van der Waals surface area (Å²) < 4.78 is 10.9. The number of hydrogen-bond donors (Lipinski definition) is 1. The molecule has 5 nitrogen and oxygen atoms in total. The number of benzene rings is 1. The van der Waals surface area contributed by atoms with Gasteiger partial charge in [-0.15, -0.1) is 0 Å². The van der Waals surface area contributed by atoms with Crippen LogP contribution in [0.15, 0.2) is 23.8 Å². The first-order chi connectivity index (χ1) is 10.7. The highest BCUT2D eigenvalue weighted by atomic mass is 16.5. The Kier molecular flexibility index (Phi) is 4.34. The van der Waals surface area contributed by atoms with Crippen LogP contribution in [0.2, 0.25) is 0 Å². The van der Waals surface area contributed by atoms with Gasteiger partial charge in [-0.2, -0.15) is 0 Å². The Morgan fingerprint density at radius 2 is 2.18 bits per heavy atom. The van der Waals surface area contributed by atoms with Gasteiger partial charge in [0.2, 0.25) is 0 Å². The number of ether oxygens (including phenoxy) is 2. The van der Waals surface area contributed by atoms with Crippen LogP contribution >= 0.6 is 0 Å². The van der Waals surface area contributed by atoms with Gasteiger partial charge in [-0.05, 0) is 49.6 Å². The molecule has 5 heteroatoms. The summed E-state index contributed by atoms with van der Waals surface area (Å²) in [6.45, 7) is 2.60. The Bertz CT molecular complexity index is 590. The molecular weight excluding hydrogens is 280 g/mol. The zero-order valence-electron chi connectivity index (χ0n) is 12.9. The number of hydrogen-bond acceptors (Lipinski definition) is 4. The largest absolute Gasteiger partial charge is 0.497 e. The van der Waals surface area contributed by atoms with Crippen molar-refractivity contribution in [2.75, 3.05) is 33.4 Å². The number of nitrogens with zero attached hydrogens (tertiary/aromatic N) is 1. The van der Waals surface area contributed by atoms with E-state index in [9.17, 15) is 4.79 Å². The lowest BCUT2D eigenvalue weighted by Gasteiger charge is -2.32. The molecule has 0 aromatic heterocycles. The lowest BCUT2D eigenvalue weighted by atomic mass is 9.96. The molecule has 0 radical (unpaired) electrons.